The van der Waals surface area contributed by atoms with Crippen LogP contribution in [0.3, 0.4) is 0 Å². The summed E-state index contributed by atoms with van der Waals surface area (Å²) in [4.78, 5) is 24.6. The van der Waals surface area contributed by atoms with Crippen LogP contribution < -0.4 is 11.1 Å². The third kappa shape index (κ3) is 4.32. The summed E-state index contributed by atoms with van der Waals surface area (Å²) >= 11 is 0. The number of morpholine rings is 1. The smallest absolute Gasteiger partial charge is 0.317 e. The third-order valence-corrected chi connectivity index (χ3v) is 3.34. The topological polar surface area (TPSA) is 103 Å². The Morgan fingerprint density at radius 1 is 1.25 bits per heavy atom. The van der Waals surface area contributed by atoms with Gasteiger partial charge in [0.2, 0.25) is 5.91 Å². The van der Waals surface area contributed by atoms with Crippen molar-refractivity contribution in [2.24, 2.45) is 5.73 Å². The molecule has 3 amide bonds. The molecule has 2 fully saturated rings. The first kappa shape index (κ1) is 15.0. The highest BCUT2D eigenvalue weighted by Crippen LogP contribution is 2.12. The normalized spacial score (nSPS) is 27.1. The average molecular weight is 287 g/mol. The molecule has 2 rings (SSSR count). The third-order valence-electron chi connectivity index (χ3n) is 3.34. The van der Waals surface area contributed by atoms with Gasteiger partial charge in [-0.3, -0.25) is 4.79 Å². The van der Waals surface area contributed by atoms with Crippen LogP contribution in [0.15, 0.2) is 0 Å². The van der Waals surface area contributed by atoms with Gasteiger partial charge in [-0.15, -0.1) is 0 Å². The van der Waals surface area contributed by atoms with Gasteiger partial charge in [-0.1, -0.05) is 0 Å². The highest BCUT2D eigenvalue weighted by molar-refractivity contribution is 5.75. The molecular weight excluding hydrogens is 266 g/mol. The standard InChI is InChI=1S/C12H21N3O5/c13-11(16)8-20-10-1-4-19-7-9(10)14-12(17)15-2-5-18-6-3-15/h9-10H,1-8H2,(H2,13,16)(H,14,17)/t9-,10+/m0/s1. The second-order valence-corrected chi connectivity index (χ2v) is 4.83. The number of nitrogens with zero attached hydrogens (tertiary/aromatic N) is 1. The Kier molecular flexibility index (Phi) is 5.57. The van der Waals surface area contributed by atoms with Gasteiger partial charge in [0.15, 0.2) is 0 Å². The number of hydrogen-bond donors (Lipinski definition) is 2. The molecular formula is C12H21N3O5. The molecule has 0 spiro atoms. The average Bonchev–Trinajstić information content (AvgIpc) is 2.47. The van der Waals surface area contributed by atoms with Crippen LogP contribution in [0.5, 0.6) is 0 Å². The van der Waals surface area contributed by atoms with Crippen molar-refractivity contribution >= 4 is 11.9 Å². The first-order valence-electron chi connectivity index (χ1n) is 6.77. The summed E-state index contributed by atoms with van der Waals surface area (Å²) in [6.07, 6.45) is 0.377. The number of nitrogens with one attached hydrogen (secondary N) is 1. The lowest BCUT2D eigenvalue weighted by molar-refractivity contribution is -0.128. The van der Waals surface area contributed by atoms with E-state index >= 15 is 0 Å². The second-order valence-electron chi connectivity index (χ2n) is 4.83. The lowest BCUT2D eigenvalue weighted by Gasteiger charge is -2.34. The lowest BCUT2D eigenvalue weighted by atomic mass is 10.1. The van der Waals surface area contributed by atoms with Gasteiger partial charge in [0, 0.05) is 19.7 Å². The van der Waals surface area contributed by atoms with E-state index in [-0.39, 0.29) is 24.8 Å². The number of primary amides is 1. The first-order chi connectivity index (χ1) is 9.66. The van der Waals surface area contributed by atoms with Gasteiger partial charge >= 0.3 is 6.03 Å². The fourth-order valence-corrected chi connectivity index (χ4v) is 2.26. The summed E-state index contributed by atoms with van der Waals surface area (Å²) in [6.45, 7) is 3.03. The van der Waals surface area contributed by atoms with Crippen molar-refractivity contribution in [1.29, 1.82) is 0 Å². The maximum atomic E-state index is 12.1. The van der Waals surface area contributed by atoms with Crippen molar-refractivity contribution in [3.63, 3.8) is 0 Å². The Hall–Kier alpha value is -1.38. The lowest BCUT2D eigenvalue weighted by Crippen LogP contribution is -2.56. The van der Waals surface area contributed by atoms with Crippen molar-refractivity contribution in [3.8, 4) is 0 Å². The number of hydrogen-bond acceptors (Lipinski definition) is 5. The van der Waals surface area contributed by atoms with E-state index in [4.69, 9.17) is 19.9 Å². The van der Waals surface area contributed by atoms with E-state index in [0.29, 0.717) is 45.9 Å². The predicted molar refractivity (Wildman–Crippen MR) is 69.1 cm³/mol. The second kappa shape index (κ2) is 7.41. The number of nitrogens with two attached hydrogens (primary N) is 1. The van der Waals surface area contributed by atoms with Gasteiger partial charge in [-0.25, -0.2) is 4.79 Å². The van der Waals surface area contributed by atoms with Crippen LogP contribution in [0.2, 0.25) is 0 Å². The zero-order chi connectivity index (χ0) is 14.4. The van der Waals surface area contributed by atoms with Gasteiger partial charge in [0.1, 0.15) is 6.61 Å². The molecule has 0 saturated carbocycles. The Labute approximate surface area is 117 Å². The van der Waals surface area contributed by atoms with E-state index in [9.17, 15) is 9.59 Å². The molecule has 0 aromatic heterocycles. The van der Waals surface area contributed by atoms with Crippen LogP contribution in [0.4, 0.5) is 4.79 Å². The number of ether oxygens (including phenoxy) is 3. The highest BCUT2D eigenvalue weighted by Gasteiger charge is 2.30. The molecule has 0 unspecified atom stereocenters. The molecule has 2 atom stereocenters. The summed E-state index contributed by atoms with van der Waals surface area (Å²) < 4.78 is 16.0. The van der Waals surface area contributed by atoms with Crippen molar-refractivity contribution in [3.05, 3.63) is 0 Å². The minimum Gasteiger partial charge on any atom is -0.379 e. The van der Waals surface area contributed by atoms with Crippen molar-refractivity contribution in [2.45, 2.75) is 18.6 Å². The van der Waals surface area contributed by atoms with Crippen LogP contribution >= 0.6 is 0 Å². The maximum absolute atomic E-state index is 12.1. The van der Waals surface area contributed by atoms with Crippen molar-refractivity contribution in [1.82, 2.24) is 10.2 Å². The van der Waals surface area contributed by atoms with Gasteiger partial charge in [0.25, 0.3) is 0 Å². The van der Waals surface area contributed by atoms with Crippen LogP contribution in [-0.2, 0) is 19.0 Å². The van der Waals surface area contributed by atoms with E-state index in [0.717, 1.165) is 0 Å². The van der Waals surface area contributed by atoms with Crippen LogP contribution in [0, 0.1) is 0 Å². The molecule has 0 bridgehead atoms. The number of urea groups is 1. The predicted octanol–water partition coefficient (Wildman–Crippen LogP) is -1.31. The molecule has 0 radical (unpaired) electrons. The summed E-state index contributed by atoms with van der Waals surface area (Å²) in [5, 5.41) is 2.89. The maximum Gasteiger partial charge on any atom is 0.317 e. The van der Waals surface area contributed by atoms with E-state index in [1.54, 1.807) is 4.90 Å². The Morgan fingerprint density at radius 2 is 2.00 bits per heavy atom. The quantitative estimate of drug-likeness (QED) is 0.668. The van der Waals surface area contributed by atoms with E-state index < -0.39 is 5.91 Å². The monoisotopic (exact) mass is 287 g/mol. The summed E-state index contributed by atoms with van der Waals surface area (Å²) in [5.41, 5.74) is 5.07. The van der Waals surface area contributed by atoms with E-state index in [2.05, 4.69) is 5.32 Å². The first-order valence-corrected chi connectivity index (χ1v) is 6.77. The molecule has 2 saturated heterocycles. The minimum absolute atomic E-state index is 0.144. The molecule has 114 valence electrons. The van der Waals surface area contributed by atoms with Crippen LogP contribution in [0.25, 0.3) is 0 Å². The SMILES string of the molecule is NC(=O)CO[C@@H]1CCOC[C@@H]1NC(=O)N1CCOCC1. The van der Waals surface area contributed by atoms with Crippen LogP contribution in [-0.4, -0.2) is 75.1 Å². The Balaban J connectivity index is 1.83. The van der Waals surface area contributed by atoms with Crippen molar-refractivity contribution in [2.75, 3.05) is 46.1 Å². The molecule has 0 aromatic rings. The largest absolute Gasteiger partial charge is 0.379 e. The molecule has 0 aromatic carbocycles. The zero-order valence-corrected chi connectivity index (χ0v) is 11.4. The number of carbonyl (C=O) groups is 2. The number of carbonyl (C=O) groups excluding carboxylic acids is 2. The van der Waals surface area contributed by atoms with Gasteiger partial charge in [0.05, 0.1) is 32.0 Å². The molecule has 3 N–H and O–H groups in total. The number of amides is 3. The van der Waals surface area contributed by atoms with Gasteiger partial charge in [-0.05, 0) is 6.42 Å². The van der Waals surface area contributed by atoms with Crippen molar-refractivity contribution < 1.29 is 23.8 Å². The molecule has 2 aliphatic heterocycles. The fraction of sp³-hybridized carbons (Fsp3) is 0.833. The molecule has 8 nitrogen and oxygen atoms in total. The molecule has 2 heterocycles. The van der Waals surface area contributed by atoms with Crippen LogP contribution in [0.1, 0.15) is 6.42 Å². The highest BCUT2D eigenvalue weighted by atomic mass is 16.5. The Bertz CT molecular complexity index is 346. The summed E-state index contributed by atoms with van der Waals surface area (Å²) in [7, 11) is 0. The minimum atomic E-state index is -0.519. The zero-order valence-electron chi connectivity index (χ0n) is 11.4. The summed E-state index contributed by atoms with van der Waals surface area (Å²) in [5.74, 6) is -0.519. The number of rotatable bonds is 4. The molecule has 8 heteroatoms. The van der Waals surface area contributed by atoms with E-state index in [1.165, 1.54) is 0 Å². The van der Waals surface area contributed by atoms with Gasteiger partial charge in [-0.2, -0.15) is 0 Å². The molecule has 0 aliphatic carbocycles. The Morgan fingerprint density at radius 3 is 2.70 bits per heavy atom. The molecule has 20 heavy (non-hydrogen) atoms. The molecule has 2 aliphatic rings. The van der Waals surface area contributed by atoms with E-state index in [1.807, 2.05) is 0 Å². The fourth-order valence-electron chi connectivity index (χ4n) is 2.26. The van der Waals surface area contributed by atoms with Gasteiger partial charge < -0.3 is 30.2 Å². The summed E-state index contributed by atoms with van der Waals surface area (Å²) in [6, 6.07) is -0.421.